The molecule has 0 atom stereocenters. The molecule has 2 N–H and O–H groups in total. The van der Waals surface area contributed by atoms with Crippen LogP contribution in [0.1, 0.15) is 65.8 Å². The lowest BCUT2D eigenvalue weighted by Gasteiger charge is -2.42. The van der Waals surface area contributed by atoms with Gasteiger partial charge in [-0.15, -0.1) is 23.7 Å². The van der Waals surface area contributed by atoms with E-state index in [1.165, 1.54) is 11.3 Å². The second-order valence-electron chi connectivity index (χ2n) is 8.67. The molecule has 0 radical (unpaired) electrons. The molecule has 7 nitrogen and oxygen atoms in total. The third-order valence-electron chi connectivity index (χ3n) is 5.19. The van der Waals surface area contributed by atoms with E-state index in [1.54, 1.807) is 25.1 Å². The van der Waals surface area contributed by atoms with Crippen LogP contribution < -0.4 is 20.1 Å². The van der Waals surface area contributed by atoms with E-state index < -0.39 is 5.97 Å². The first kappa shape index (κ1) is 23.4. The fourth-order valence-corrected chi connectivity index (χ4v) is 5.51. The molecule has 0 unspecified atom stereocenters. The van der Waals surface area contributed by atoms with Crippen molar-refractivity contribution in [2.45, 2.75) is 52.1 Å². The van der Waals surface area contributed by atoms with Crippen LogP contribution in [0.2, 0.25) is 0 Å². The molecule has 0 spiro atoms. The van der Waals surface area contributed by atoms with Crippen molar-refractivity contribution in [2.24, 2.45) is 0 Å². The summed E-state index contributed by atoms with van der Waals surface area (Å²) in [6.07, 6.45) is 0.663. The number of hydrogen-bond donors (Lipinski definition) is 2. The first-order chi connectivity index (χ1) is 14.1. The van der Waals surface area contributed by atoms with Crippen molar-refractivity contribution in [3.63, 3.8) is 0 Å². The largest absolute Gasteiger partial charge is 0.462 e. The van der Waals surface area contributed by atoms with E-state index in [1.807, 2.05) is 0 Å². The number of halogens is 1. The Morgan fingerprint density at radius 2 is 1.90 bits per heavy atom. The predicted octanol–water partition coefficient (Wildman–Crippen LogP) is 4.49. The van der Waals surface area contributed by atoms with E-state index in [2.05, 4.69) is 38.3 Å². The molecular weight excluding hydrogens is 440 g/mol. The van der Waals surface area contributed by atoms with Crippen LogP contribution in [-0.4, -0.2) is 30.8 Å². The number of esters is 1. The van der Waals surface area contributed by atoms with Gasteiger partial charge in [0.15, 0.2) is 11.5 Å². The zero-order valence-corrected chi connectivity index (χ0v) is 19.8. The van der Waals surface area contributed by atoms with Gasteiger partial charge < -0.3 is 24.8 Å². The monoisotopic (exact) mass is 466 g/mol. The van der Waals surface area contributed by atoms with Gasteiger partial charge in [-0.2, -0.15) is 0 Å². The number of carbonyl (C=O) groups is 2. The number of thiophene rings is 1. The quantitative estimate of drug-likeness (QED) is 0.646. The third-order valence-corrected chi connectivity index (χ3v) is 6.66. The van der Waals surface area contributed by atoms with Crippen LogP contribution in [0.5, 0.6) is 11.5 Å². The highest BCUT2D eigenvalue weighted by Gasteiger charge is 2.42. The van der Waals surface area contributed by atoms with Gasteiger partial charge in [-0.3, -0.25) is 4.79 Å². The van der Waals surface area contributed by atoms with E-state index in [9.17, 15) is 9.59 Å². The number of anilines is 1. The smallest absolute Gasteiger partial charge is 0.341 e. The summed E-state index contributed by atoms with van der Waals surface area (Å²) in [4.78, 5) is 26.9. The average Bonchev–Trinajstić information content (AvgIpc) is 3.24. The third kappa shape index (κ3) is 4.37. The van der Waals surface area contributed by atoms with Gasteiger partial charge >= 0.3 is 5.97 Å². The van der Waals surface area contributed by atoms with Crippen LogP contribution in [0, 0.1) is 0 Å². The Kier molecular flexibility index (Phi) is 6.28. The lowest BCUT2D eigenvalue weighted by atomic mass is 9.81. The summed E-state index contributed by atoms with van der Waals surface area (Å²) >= 11 is 1.42. The van der Waals surface area contributed by atoms with Crippen molar-refractivity contribution in [3.05, 3.63) is 39.8 Å². The maximum atomic E-state index is 13.0. The zero-order valence-electron chi connectivity index (χ0n) is 18.2. The molecule has 168 valence electrons. The van der Waals surface area contributed by atoms with E-state index in [-0.39, 0.29) is 42.8 Å². The maximum absolute atomic E-state index is 13.0. The van der Waals surface area contributed by atoms with E-state index >= 15 is 0 Å². The Balaban J connectivity index is 0.00000272. The topological polar surface area (TPSA) is 85.9 Å². The summed E-state index contributed by atoms with van der Waals surface area (Å²) < 4.78 is 16.0. The van der Waals surface area contributed by atoms with Gasteiger partial charge in [-0.05, 0) is 64.8 Å². The van der Waals surface area contributed by atoms with Gasteiger partial charge in [0.1, 0.15) is 5.00 Å². The fraction of sp³-hybridized carbons (Fsp3) is 0.455. The van der Waals surface area contributed by atoms with Crippen LogP contribution in [-0.2, 0) is 16.7 Å². The lowest BCUT2D eigenvalue weighted by molar-refractivity contribution is 0.0525. The molecule has 2 aromatic rings. The first-order valence-corrected chi connectivity index (χ1v) is 10.8. The molecule has 4 rings (SSSR count). The van der Waals surface area contributed by atoms with Crippen LogP contribution in [0.25, 0.3) is 0 Å². The number of carbonyl (C=O) groups excluding carboxylic acids is 2. The van der Waals surface area contributed by atoms with E-state index in [0.717, 1.165) is 10.4 Å². The molecule has 9 heteroatoms. The molecule has 31 heavy (non-hydrogen) atoms. The highest BCUT2D eigenvalue weighted by atomic mass is 35.5. The number of ether oxygens (including phenoxy) is 3. The molecule has 0 saturated carbocycles. The SMILES string of the molecule is CCOC(=O)c1c(NC(=O)c2ccc3c(c2)OCO3)sc2c1CC(C)(C)NC2(C)C.Cl. The van der Waals surface area contributed by atoms with Crippen molar-refractivity contribution in [3.8, 4) is 11.5 Å². The first-order valence-electron chi connectivity index (χ1n) is 9.95. The summed E-state index contributed by atoms with van der Waals surface area (Å²) in [5.41, 5.74) is 1.28. The van der Waals surface area contributed by atoms with Crippen LogP contribution >= 0.6 is 23.7 Å². The number of hydrogen-bond acceptors (Lipinski definition) is 7. The Hall–Kier alpha value is -2.29. The predicted molar refractivity (Wildman–Crippen MR) is 122 cm³/mol. The molecule has 1 aromatic carbocycles. The highest BCUT2D eigenvalue weighted by molar-refractivity contribution is 7.17. The molecule has 0 fully saturated rings. The molecule has 1 aromatic heterocycles. The Morgan fingerprint density at radius 3 is 2.61 bits per heavy atom. The molecule has 1 amide bonds. The van der Waals surface area contributed by atoms with Gasteiger partial charge in [0.2, 0.25) is 6.79 Å². The second-order valence-corrected chi connectivity index (χ2v) is 9.69. The van der Waals surface area contributed by atoms with Crippen molar-refractivity contribution < 1.29 is 23.8 Å². The average molecular weight is 467 g/mol. The van der Waals surface area contributed by atoms with Crippen LogP contribution in [0.4, 0.5) is 5.00 Å². The summed E-state index contributed by atoms with van der Waals surface area (Å²) in [6, 6.07) is 5.03. The highest BCUT2D eigenvalue weighted by Crippen LogP contribution is 2.45. The fourth-order valence-electron chi connectivity index (χ4n) is 4.25. The number of benzene rings is 1. The Bertz CT molecular complexity index is 1030. The number of nitrogens with one attached hydrogen (secondary N) is 2. The number of rotatable bonds is 4. The van der Waals surface area contributed by atoms with Crippen molar-refractivity contribution in [2.75, 3.05) is 18.7 Å². The lowest BCUT2D eigenvalue weighted by Crippen LogP contribution is -2.55. The van der Waals surface area contributed by atoms with E-state index in [4.69, 9.17) is 14.2 Å². The molecule has 3 heterocycles. The molecule has 0 bridgehead atoms. The van der Waals surface area contributed by atoms with Crippen LogP contribution in [0.15, 0.2) is 18.2 Å². The van der Waals surface area contributed by atoms with Crippen molar-refractivity contribution in [1.82, 2.24) is 5.32 Å². The van der Waals surface area contributed by atoms with Crippen LogP contribution in [0.3, 0.4) is 0 Å². The van der Waals surface area contributed by atoms with Crippen molar-refractivity contribution in [1.29, 1.82) is 0 Å². The molecular formula is C22H27ClN2O5S. The molecule has 0 aliphatic carbocycles. The number of fused-ring (bicyclic) bond motifs is 2. The minimum absolute atomic E-state index is 0. The summed E-state index contributed by atoms with van der Waals surface area (Å²) in [6.45, 7) is 10.6. The summed E-state index contributed by atoms with van der Waals surface area (Å²) in [5, 5.41) is 7.07. The van der Waals surface area contributed by atoms with Gasteiger partial charge in [0.25, 0.3) is 5.91 Å². The van der Waals surface area contributed by atoms with Gasteiger partial charge in [0.05, 0.1) is 12.2 Å². The zero-order chi connectivity index (χ0) is 21.7. The van der Waals surface area contributed by atoms with Gasteiger partial charge in [-0.25, -0.2) is 4.79 Å². The molecule has 0 saturated heterocycles. The van der Waals surface area contributed by atoms with Crippen molar-refractivity contribution >= 4 is 40.6 Å². The maximum Gasteiger partial charge on any atom is 0.341 e. The Morgan fingerprint density at radius 1 is 1.19 bits per heavy atom. The standard InChI is InChI=1S/C22H26N2O5S.ClH/c1-6-27-20(26)16-13-10-21(2,3)24-22(4,5)17(13)30-19(16)23-18(25)12-7-8-14-15(9-12)29-11-28-14;/h7-9,24H,6,10-11H2,1-5H3,(H,23,25);1H. The Labute approximate surface area is 191 Å². The van der Waals surface area contributed by atoms with Gasteiger partial charge in [-0.1, -0.05) is 0 Å². The normalized spacial score (nSPS) is 17.3. The van der Waals surface area contributed by atoms with Gasteiger partial charge in [0, 0.05) is 21.5 Å². The molecule has 2 aliphatic rings. The second kappa shape index (κ2) is 8.33. The summed E-state index contributed by atoms with van der Waals surface area (Å²) in [5.74, 6) is 0.415. The molecule has 2 aliphatic heterocycles. The minimum atomic E-state index is -0.413. The summed E-state index contributed by atoms with van der Waals surface area (Å²) in [7, 11) is 0. The van der Waals surface area contributed by atoms with E-state index in [0.29, 0.717) is 34.0 Å². The minimum Gasteiger partial charge on any atom is -0.462 e. The number of amides is 1.